The molecule has 0 amide bonds. The number of hydrogen-bond acceptors (Lipinski definition) is 2. The van der Waals surface area contributed by atoms with E-state index in [1.807, 2.05) is 0 Å². The van der Waals surface area contributed by atoms with Crippen LogP contribution in [0.2, 0.25) is 5.02 Å². The van der Waals surface area contributed by atoms with E-state index in [1.165, 1.54) is 10.9 Å². The Hall–Kier alpha value is -1.59. The molecule has 0 radical (unpaired) electrons. The molecule has 22 heavy (non-hydrogen) atoms. The van der Waals surface area contributed by atoms with E-state index in [0.29, 0.717) is 18.4 Å². The van der Waals surface area contributed by atoms with Gasteiger partial charge in [-0.3, -0.25) is 4.99 Å². The van der Waals surface area contributed by atoms with Crippen LogP contribution in [0.3, 0.4) is 0 Å². The second kappa shape index (κ2) is 8.15. The van der Waals surface area contributed by atoms with Crippen molar-refractivity contribution in [1.82, 2.24) is 10.6 Å². The summed E-state index contributed by atoms with van der Waals surface area (Å²) in [6.45, 7) is 3.50. The summed E-state index contributed by atoms with van der Waals surface area (Å²) in [5, 5.41) is 8.70. The molecule has 2 N–H and O–H groups in total. The highest BCUT2D eigenvalue weighted by Crippen LogP contribution is 2.19. The molecule has 2 rings (SSSR count). The third-order valence-corrected chi connectivity index (χ3v) is 4.67. The predicted molar refractivity (Wildman–Crippen MR) is 92.3 cm³/mol. The van der Waals surface area contributed by atoms with Gasteiger partial charge in [0, 0.05) is 30.9 Å². The zero-order valence-electron chi connectivity index (χ0n) is 12.6. The average molecular weight is 340 g/mol. The molecule has 0 aliphatic carbocycles. The number of guanidine groups is 1. The first-order valence-corrected chi connectivity index (χ1v) is 8.27. The van der Waals surface area contributed by atoms with Gasteiger partial charge < -0.3 is 10.6 Å². The largest absolute Gasteiger partial charge is 0.356 e. The Morgan fingerprint density at radius 3 is 2.82 bits per heavy atom. The number of nitrogens with zero attached hydrogens (tertiary/aromatic N) is 1. The topological polar surface area (TPSA) is 36.4 Å². The van der Waals surface area contributed by atoms with Gasteiger partial charge in [0.25, 0.3) is 0 Å². The molecule has 1 aromatic carbocycles. The van der Waals surface area contributed by atoms with E-state index >= 15 is 0 Å². The van der Waals surface area contributed by atoms with Crippen molar-refractivity contribution in [3.05, 3.63) is 57.0 Å². The standard InChI is InChI=1S/C16H19ClFN3S/c1-11(15-4-3-7-22-15)9-20-16(19-2)21-10-12-5-6-14(18)13(17)8-12/h3-8,11H,9-10H2,1-2H3,(H2,19,20,21). The van der Waals surface area contributed by atoms with Crippen molar-refractivity contribution < 1.29 is 4.39 Å². The van der Waals surface area contributed by atoms with Crippen molar-refractivity contribution in [3.8, 4) is 0 Å². The molecule has 0 aliphatic rings. The van der Waals surface area contributed by atoms with Gasteiger partial charge in [-0.1, -0.05) is 30.7 Å². The van der Waals surface area contributed by atoms with Crippen molar-refractivity contribution in [2.45, 2.75) is 19.4 Å². The van der Waals surface area contributed by atoms with E-state index in [1.54, 1.807) is 30.5 Å². The molecule has 1 atom stereocenters. The van der Waals surface area contributed by atoms with Crippen LogP contribution in [0.25, 0.3) is 0 Å². The Morgan fingerprint density at radius 2 is 2.18 bits per heavy atom. The molecule has 6 heteroatoms. The summed E-state index contributed by atoms with van der Waals surface area (Å²) in [6, 6.07) is 8.88. The molecule has 1 aromatic heterocycles. The number of aliphatic imine (C=N–C) groups is 1. The zero-order chi connectivity index (χ0) is 15.9. The van der Waals surface area contributed by atoms with Crippen molar-refractivity contribution in [1.29, 1.82) is 0 Å². The third kappa shape index (κ3) is 4.71. The van der Waals surface area contributed by atoms with Gasteiger partial charge in [-0.05, 0) is 29.1 Å². The van der Waals surface area contributed by atoms with Gasteiger partial charge in [0.15, 0.2) is 5.96 Å². The lowest BCUT2D eigenvalue weighted by Crippen LogP contribution is -2.38. The first-order chi connectivity index (χ1) is 10.6. The minimum Gasteiger partial charge on any atom is -0.356 e. The van der Waals surface area contributed by atoms with Gasteiger partial charge in [0.05, 0.1) is 5.02 Å². The summed E-state index contributed by atoms with van der Waals surface area (Å²) in [5.41, 5.74) is 0.903. The number of rotatable bonds is 5. The smallest absolute Gasteiger partial charge is 0.191 e. The maximum Gasteiger partial charge on any atom is 0.191 e. The fourth-order valence-electron chi connectivity index (χ4n) is 1.98. The Labute approximate surface area is 139 Å². The summed E-state index contributed by atoms with van der Waals surface area (Å²) in [7, 11) is 1.72. The Bertz CT molecular complexity index is 628. The van der Waals surface area contributed by atoms with Crippen LogP contribution in [0.4, 0.5) is 4.39 Å². The molecule has 0 bridgehead atoms. The molecule has 1 unspecified atom stereocenters. The van der Waals surface area contributed by atoms with Crippen LogP contribution in [0.15, 0.2) is 40.7 Å². The Balaban J connectivity index is 1.83. The molecular weight excluding hydrogens is 321 g/mol. The second-order valence-corrected chi connectivity index (χ2v) is 6.36. The highest BCUT2D eigenvalue weighted by Gasteiger charge is 2.08. The lowest BCUT2D eigenvalue weighted by Gasteiger charge is -2.15. The van der Waals surface area contributed by atoms with E-state index in [-0.39, 0.29) is 5.02 Å². The Kier molecular flexibility index (Phi) is 6.21. The van der Waals surface area contributed by atoms with Crippen LogP contribution < -0.4 is 10.6 Å². The van der Waals surface area contributed by atoms with Crippen LogP contribution in [0, 0.1) is 5.82 Å². The first-order valence-electron chi connectivity index (χ1n) is 7.02. The molecule has 0 saturated carbocycles. The molecule has 2 aromatic rings. The van der Waals surface area contributed by atoms with E-state index in [0.717, 1.165) is 12.1 Å². The molecule has 0 aliphatic heterocycles. The minimum atomic E-state index is -0.405. The van der Waals surface area contributed by atoms with Crippen LogP contribution in [0.1, 0.15) is 23.3 Å². The van der Waals surface area contributed by atoms with Gasteiger partial charge >= 0.3 is 0 Å². The summed E-state index contributed by atoms with van der Waals surface area (Å²) in [4.78, 5) is 5.53. The van der Waals surface area contributed by atoms with Crippen LogP contribution >= 0.6 is 22.9 Å². The highest BCUT2D eigenvalue weighted by atomic mass is 35.5. The van der Waals surface area contributed by atoms with E-state index in [2.05, 4.69) is 40.1 Å². The molecule has 118 valence electrons. The summed E-state index contributed by atoms with van der Waals surface area (Å²) < 4.78 is 13.1. The maximum absolute atomic E-state index is 13.1. The summed E-state index contributed by atoms with van der Waals surface area (Å²) >= 11 is 7.53. The molecule has 0 spiro atoms. The van der Waals surface area contributed by atoms with E-state index in [4.69, 9.17) is 11.6 Å². The van der Waals surface area contributed by atoms with Crippen molar-refractivity contribution in [2.24, 2.45) is 4.99 Å². The number of thiophene rings is 1. The van der Waals surface area contributed by atoms with Gasteiger partial charge in [-0.15, -0.1) is 11.3 Å². The van der Waals surface area contributed by atoms with Crippen LogP contribution in [-0.4, -0.2) is 19.6 Å². The average Bonchev–Trinajstić information content (AvgIpc) is 3.05. The molecule has 0 saturated heterocycles. The lowest BCUT2D eigenvalue weighted by molar-refractivity contribution is 0.627. The van der Waals surface area contributed by atoms with Gasteiger partial charge in [-0.25, -0.2) is 4.39 Å². The van der Waals surface area contributed by atoms with Crippen molar-refractivity contribution >= 4 is 28.9 Å². The van der Waals surface area contributed by atoms with E-state index < -0.39 is 5.82 Å². The minimum absolute atomic E-state index is 0.133. The fraction of sp³-hybridized carbons (Fsp3) is 0.312. The molecular formula is C16H19ClFN3S. The Morgan fingerprint density at radius 1 is 1.36 bits per heavy atom. The zero-order valence-corrected chi connectivity index (χ0v) is 14.1. The highest BCUT2D eigenvalue weighted by molar-refractivity contribution is 7.10. The summed E-state index contributed by atoms with van der Waals surface area (Å²) in [6.07, 6.45) is 0. The quantitative estimate of drug-likeness (QED) is 0.638. The SMILES string of the molecule is CN=C(NCc1ccc(F)c(Cl)c1)NCC(C)c1cccs1. The molecule has 3 nitrogen and oxygen atoms in total. The van der Waals surface area contributed by atoms with Crippen molar-refractivity contribution in [3.63, 3.8) is 0 Å². The maximum atomic E-state index is 13.1. The summed E-state index contributed by atoms with van der Waals surface area (Å²) in [5.74, 6) is 0.723. The number of hydrogen-bond donors (Lipinski definition) is 2. The fourth-order valence-corrected chi connectivity index (χ4v) is 2.97. The monoisotopic (exact) mass is 339 g/mol. The van der Waals surface area contributed by atoms with Gasteiger partial charge in [0.1, 0.15) is 5.82 Å². The van der Waals surface area contributed by atoms with Gasteiger partial charge in [0.2, 0.25) is 0 Å². The predicted octanol–water partition coefficient (Wildman–Crippen LogP) is 4.01. The normalized spacial score (nSPS) is 13.0. The van der Waals surface area contributed by atoms with Gasteiger partial charge in [-0.2, -0.15) is 0 Å². The van der Waals surface area contributed by atoms with E-state index in [9.17, 15) is 4.39 Å². The number of halogens is 2. The first kappa shape index (κ1) is 16.8. The van der Waals surface area contributed by atoms with Crippen LogP contribution in [-0.2, 0) is 6.54 Å². The molecule has 1 heterocycles. The molecule has 0 fully saturated rings. The second-order valence-electron chi connectivity index (χ2n) is 4.97. The lowest BCUT2D eigenvalue weighted by atomic mass is 10.1. The van der Waals surface area contributed by atoms with Crippen LogP contribution in [0.5, 0.6) is 0 Å². The third-order valence-electron chi connectivity index (χ3n) is 3.27. The number of benzene rings is 1. The van der Waals surface area contributed by atoms with Crippen molar-refractivity contribution in [2.75, 3.05) is 13.6 Å². The number of nitrogens with one attached hydrogen (secondary N) is 2.